The summed E-state index contributed by atoms with van der Waals surface area (Å²) in [5.41, 5.74) is 0. The van der Waals surface area contributed by atoms with Gasteiger partial charge in [0.25, 0.3) is 0 Å². The summed E-state index contributed by atoms with van der Waals surface area (Å²) >= 11 is 0. The van der Waals surface area contributed by atoms with Crippen molar-refractivity contribution < 1.29 is 14.6 Å². The molecule has 1 aliphatic carbocycles. The molecule has 0 aromatic heterocycles. The van der Waals surface area contributed by atoms with Crippen LogP contribution < -0.4 is 5.32 Å². The molecule has 0 spiro atoms. The first-order chi connectivity index (χ1) is 7.24. The summed E-state index contributed by atoms with van der Waals surface area (Å²) in [6, 6.07) is 0. The molecule has 4 nitrogen and oxygen atoms in total. The molecule has 1 amide bonds. The fourth-order valence-electron chi connectivity index (χ4n) is 1.61. The Morgan fingerprint density at radius 3 is 2.87 bits per heavy atom. The van der Waals surface area contributed by atoms with Crippen LogP contribution in [0, 0.1) is 5.92 Å². The highest BCUT2D eigenvalue weighted by Gasteiger charge is 2.18. The Bertz CT molecular complexity index is 220. The predicted molar refractivity (Wildman–Crippen MR) is 57.4 cm³/mol. The average molecular weight is 213 g/mol. The van der Waals surface area contributed by atoms with Crippen LogP contribution in [-0.4, -0.2) is 37.4 Å². The largest absolute Gasteiger partial charge is 0.391 e. The molecule has 2 N–H and O–H groups in total. The molecule has 0 bridgehead atoms. The number of hydrogen-bond donors (Lipinski definition) is 2. The highest BCUT2D eigenvalue weighted by Crippen LogP contribution is 2.17. The molecule has 0 radical (unpaired) electrons. The molecule has 4 heteroatoms. The topological polar surface area (TPSA) is 58.6 Å². The normalized spacial score (nSPS) is 18.0. The van der Waals surface area contributed by atoms with Crippen LogP contribution in [-0.2, 0) is 9.53 Å². The number of allylic oxidation sites excluding steroid dienone is 2. The number of carbonyl (C=O) groups is 1. The van der Waals surface area contributed by atoms with E-state index < -0.39 is 6.10 Å². The maximum atomic E-state index is 11.5. The SMILES string of the molecule is COCC(O)CCNC(=O)C1CC=CC1. The molecule has 0 aromatic rings. The van der Waals surface area contributed by atoms with Crippen LogP contribution in [0.5, 0.6) is 0 Å². The molecule has 86 valence electrons. The van der Waals surface area contributed by atoms with Crippen LogP contribution in [0.25, 0.3) is 0 Å². The summed E-state index contributed by atoms with van der Waals surface area (Å²) in [4.78, 5) is 11.5. The highest BCUT2D eigenvalue weighted by molar-refractivity contribution is 5.79. The fourth-order valence-corrected chi connectivity index (χ4v) is 1.61. The molecule has 0 heterocycles. The van der Waals surface area contributed by atoms with Crippen molar-refractivity contribution in [3.63, 3.8) is 0 Å². The van der Waals surface area contributed by atoms with Gasteiger partial charge in [-0.1, -0.05) is 12.2 Å². The van der Waals surface area contributed by atoms with Crippen LogP contribution >= 0.6 is 0 Å². The second-order valence-electron chi connectivity index (χ2n) is 3.83. The number of amides is 1. The van der Waals surface area contributed by atoms with E-state index in [1.165, 1.54) is 0 Å². The quantitative estimate of drug-likeness (QED) is 0.630. The van der Waals surface area contributed by atoms with Crippen molar-refractivity contribution in [2.24, 2.45) is 5.92 Å². The number of ether oxygens (including phenoxy) is 1. The van der Waals surface area contributed by atoms with Gasteiger partial charge in [0, 0.05) is 19.6 Å². The van der Waals surface area contributed by atoms with Gasteiger partial charge in [0.1, 0.15) is 0 Å². The standard InChI is InChI=1S/C11H19NO3/c1-15-8-10(13)6-7-12-11(14)9-4-2-3-5-9/h2-3,9-10,13H,4-8H2,1H3,(H,12,14). The van der Waals surface area contributed by atoms with Crippen molar-refractivity contribution >= 4 is 5.91 Å². The van der Waals surface area contributed by atoms with Gasteiger partial charge in [-0.3, -0.25) is 4.79 Å². The van der Waals surface area contributed by atoms with Gasteiger partial charge in [0.2, 0.25) is 5.91 Å². The van der Waals surface area contributed by atoms with Crippen molar-refractivity contribution in [3.05, 3.63) is 12.2 Å². The van der Waals surface area contributed by atoms with E-state index in [0.717, 1.165) is 12.8 Å². The second-order valence-corrected chi connectivity index (χ2v) is 3.83. The van der Waals surface area contributed by atoms with Crippen molar-refractivity contribution in [3.8, 4) is 0 Å². The number of rotatable bonds is 6. The van der Waals surface area contributed by atoms with Gasteiger partial charge < -0.3 is 15.2 Å². The van der Waals surface area contributed by atoms with E-state index in [4.69, 9.17) is 4.74 Å². The van der Waals surface area contributed by atoms with Crippen molar-refractivity contribution in [1.82, 2.24) is 5.32 Å². The summed E-state index contributed by atoms with van der Waals surface area (Å²) < 4.78 is 4.79. The molecule has 0 saturated heterocycles. The lowest BCUT2D eigenvalue weighted by atomic mass is 10.1. The van der Waals surface area contributed by atoms with Crippen LogP contribution in [0.2, 0.25) is 0 Å². The number of carbonyl (C=O) groups excluding carboxylic acids is 1. The Morgan fingerprint density at radius 1 is 1.60 bits per heavy atom. The summed E-state index contributed by atoms with van der Waals surface area (Å²) in [7, 11) is 1.55. The van der Waals surface area contributed by atoms with E-state index in [2.05, 4.69) is 5.32 Å². The van der Waals surface area contributed by atoms with Crippen molar-refractivity contribution in [2.75, 3.05) is 20.3 Å². The lowest BCUT2D eigenvalue weighted by Gasteiger charge is -2.12. The zero-order valence-corrected chi connectivity index (χ0v) is 9.11. The number of nitrogens with one attached hydrogen (secondary N) is 1. The van der Waals surface area contributed by atoms with Gasteiger partial charge in [0.05, 0.1) is 12.7 Å². The molecule has 15 heavy (non-hydrogen) atoms. The molecule has 1 aliphatic rings. The molecule has 0 aromatic carbocycles. The lowest BCUT2D eigenvalue weighted by molar-refractivity contribution is -0.124. The Kier molecular flexibility index (Phi) is 5.36. The van der Waals surface area contributed by atoms with Gasteiger partial charge >= 0.3 is 0 Å². The van der Waals surface area contributed by atoms with Crippen molar-refractivity contribution in [2.45, 2.75) is 25.4 Å². The summed E-state index contributed by atoms with van der Waals surface area (Å²) in [6.45, 7) is 0.834. The Morgan fingerprint density at radius 2 is 2.27 bits per heavy atom. The van der Waals surface area contributed by atoms with E-state index in [0.29, 0.717) is 19.6 Å². The predicted octanol–water partition coefficient (Wildman–Crippen LogP) is 0.466. The molecule has 0 fully saturated rings. The number of aliphatic hydroxyl groups excluding tert-OH is 1. The first-order valence-electron chi connectivity index (χ1n) is 5.33. The minimum atomic E-state index is -0.489. The van der Waals surface area contributed by atoms with Crippen molar-refractivity contribution in [1.29, 1.82) is 0 Å². The first kappa shape index (κ1) is 12.2. The minimum absolute atomic E-state index is 0.0876. The average Bonchev–Trinajstić information content (AvgIpc) is 2.70. The third-order valence-corrected chi connectivity index (χ3v) is 2.51. The van der Waals surface area contributed by atoms with E-state index in [1.807, 2.05) is 12.2 Å². The Labute approximate surface area is 90.3 Å². The number of aliphatic hydroxyl groups is 1. The van der Waals surface area contributed by atoms with Crippen LogP contribution in [0.4, 0.5) is 0 Å². The number of hydrogen-bond acceptors (Lipinski definition) is 3. The molecule has 1 unspecified atom stereocenters. The summed E-state index contributed by atoms with van der Waals surface area (Å²) in [5.74, 6) is 0.189. The number of methoxy groups -OCH3 is 1. The Balaban J connectivity index is 2.06. The highest BCUT2D eigenvalue weighted by atomic mass is 16.5. The van der Waals surface area contributed by atoms with E-state index in [1.54, 1.807) is 7.11 Å². The van der Waals surface area contributed by atoms with Gasteiger partial charge in [-0.05, 0) is 19.3 Å². The molecule has 1 rings (SSSR count). The first-order valence-corrected chi connectivity index (χ1v) is 5.33. The van der Waals surface area contributed by atoms with Crippen LogP contribution in [0.3, 0.4) is 0 Å². The molecular formula is C11H19NO3. The molecule has 0 aliphatic heterocycles. The van der Waals surface area contributed by atoms with E-state index in [9.17, 15) is 9.90 Å². The lowest BCUT2D eigenvalue weighted by Crippen LogP contribution is -2.32. The minimum Gasteiger partial charge on any atom is -0.391 e. The van der Waals surface area contributed by atoms with E-state index >= 15 is 0 Å². The molecular weight excluding hydrogens is 194 g/mol. The zero-order chi connectivity index (χ0) is 11.1. The van der Waals surface area contributed by atoms with Gasteiger partial charge in [-0.25, -0.2) is 0 Å². The zero-order valence-electron chi connectivity index (χ0n) is 9.11. The smallest absolute Gasteiger partial charge is 0.223 e. The maximum absolute atomic E-state index is 11.5. The molecule has 0 saturated carbocycles. The van der Waals surface area contributed by atoms with Gasteiger partial charge in [0.15, 0.2) is 0 Å². The monoisotopic (exact) mass is 213 g/mol. The van der Waals surface area contributed by atoms with Crippen LogP contribution in [0.1, 0.15) is 19.3 Å². The third kappa shape index (κ3) is 4.44. The Hall–Kier alpha value is -0.870. The second kappa shape index (κ2) is 6.58. The van der Waals surface area contributed by atoms with Gasteiger partial charge in [-0.15, -0.1) is 0 Å². The molecule has 1 atom stereocenters. The van der Waals surface area contributed by atoms with Crippen LogP contribution in [0.15, 0.2) is 12.2 Å². The van der Waals surface area contributed by atoms with E-state index in [-0.39, 0.29) is 11.8 Å². The van der Waals surface area contributed by atoms with Gasteiger partial charge in [-0.2, -0.15) is 0 Å². The maximum Gasteiger partial charge on any atom is 0.223 e. The third-order valence-electron chi connectivity index (χ3n) is 2.51. The summed E-state index contributed by atoms with van der Waals surface area (Å²) in [6.07, 6.45) is 5.80. The summed E-state index contributed by atoms with van der Waals surface area (Å²) in [5, 5.41) is 12.2. The fraction of sp³-hybridized carbons (Fsp3) is 0.727.